The van der Waals surface area contributed by atoms with Gasteiger partial charge in [0.25, 0.3) is 9.70 Å². The Balaban J connectivity index is 4.02. The summed E-state index contributed by atoms with van der Waals surface area (Å²) in [4.78, 5) is 11.0. The van der Waals surface area contributed by atoms with Crippen molar-refractivity contribution in [1.82, 2.24) is 5.32 Å². The van der Waals surface area contributed by atoms with Crippen LogP contribution in [-0.4, -0.2) is 15.2 Å². The summed E-state index contributed by atoms with van der Waals surface area (Å²) in [6.45, 7) is 3.69. The minimum Gasteiger partial charge on any atom is -0.336 e. The van der Waals surface area contributed by atoms with Crippen LogP contribution in [0.25, 0.3) is 0 Å². The fraction of sp³-hybridized carbons (Fsp3) is 0.833. The summed E-state index contributed by atoms with van der Waals surface area (Å²) >= 11 is 21.6. The number of halogens is 4. The highest BCUT2D eigenvalue weighted by atomic mass is 35.6. The molecule has 0 aromatic rings. The van der Waals surface area contributed by atoms with E-state index in [2.05, 4.69) is 5.32 Å². The summed E-state index contributed by atoms with van der Waals surface area (Å²) < 4.78 is -1.94. The maximum Gasteiger partial charge on any atom is 0.273 e. The van der Waals surface area contributed by atoms with E-state index >= 15 is 0 Å². The number of alkyl halides is 4. The van der Waals surface area contributed by atoms with E-state index in [-0.39, 0.29) is 5.92 Å². The molecule has 2 nitrogen and oxygen atoms in total. The summed E-state index contributed by atoms with van der Waals surface area (Å²) in [6.07, 6.45) is 0. The Hall–Kier alpha value is 0.630. The highest BCUT2D eigenvalue weighted by molar-refractivity contribution is 6.76. The predicted molar refractivity (Wildman–Crippen MR) is 52.9 cm³/mol. The molecule has 0 bridgehead atoms. The molecule has 0 heterocycles. The summed E-state index contributed by atoms with van der Waals surface area (Å²) in [5.41, 5.74) is -0.520. The highest BCUT2D eigenvalue weighted by Gasteiger charge is 2.32. The van der Waals surface area contributed by atoms with Crippen molar-refractivity contribution in [3.8, 4) is 0 Å². The zero-order valence-corrected chi connectivity index (χ0v) is 9.60. The highest BCUT2D eigenvalue weighted by Crippen LogP contribution is 2.26. The Morgan fingerprint density at radius 2 is 1.75 bits per heavy atom. The first-order valence-electron chi connectivity index (χ1n) is 3.27. The van der Waals surface area contributed by atoms with E-state index in [0.717, 1.165) is 0 Å². The SMILES string of the molecule is CC(C)C(Cl)NC(=O)C(Cl)(Cl)Cl. The Bertz CT molecular complexity index is 165. The Labute approximate surface area is 91.5 Å². The molecule has 0 spiro atoms. The zero-order chi connectivity index (χ0) is 9.94. The average molecular weight is 253 g/mol. The Kier molecular flexibility index (Phi) is 5.00. The van der Waals surface area contributed by atoms with Gasteiger partial charge in [-0.25, -0.2) is 0 Å². The molecule has 0 fully saturated rings. The number of hydrogen-bond acceptors (Lipinski definition) is 1. The monoisotopic (exact) mass is 251 g/mol. The molecule has 0 aromatic heterocycles. The lowest BCUT2D eigenvalue weighted by Crippen LogP contribution is -2.41. The molecule has 1 amide bonds. The number of carbonyl (C=O) groups is 1. The van der Waals surface area contributed by atoms with Crippen molar-refractivity contribution in [3.05, 3.63) is 0 Å². The van der Waals surface area contributed by atoms with Gasteiger partial charge < -0.3 is 5.32 Å². The topological polar surface area (TPSA) is 29.1 Å². The lowest BCUT2D eigenvalue weighted by atomic mass is 10.2. The van der Waals surface area contributed by atoms with Gasteiger partial charge in [-0.1, -0.05) is 60.3 Å². The second kappa shape index (κ2) is 4.75. The first kappa shape index (κ1) is 12.6. The normalized spacial score (nSPS) is 14.6. The largest absolute Gasteiger partial charge is 0.336 e. The van der Waals surface area contributed by atoms with Crippen molar-refractivity contribution in [3.63, 3.8) is 0 Å². The van der Waals surface area contributed by atoms with E-state index in [1.54, 1.807) is 0 Å². The van der Waals surface area contributed by atoms with Gasteiger partial charge in [0.05, 0.1) is 0 Å². The van der Waals surface area contributed by atoms with E-state index in [9.17, 15) is 4.79 Å². The summed E-state index contributed by atoms with van der Waals surface area (Å²) in [7, 11) is 0. The molecule has 0 aliphatic carbocycles. The van der Waals surface area contributed by atoms with Crippen molar-refractivity contribution in [2.24, 2.45) is 5.92 Å². The molecule has 0 aliphatic heterocycles. The van der Waals surface area contributed by atoms with Crippen LogP contribution in [0, 0.1) is 5.92 Å². The lowest BCUT2D eigenvalue weighted by Gasteiger charge is -2.18. The summed E-state index contributed by atoms with van der Waals surface area (Å²) in [5, 5.41) is 2.35. The quantitative estimate of drug-likeness (QED) is 0.594. The minimum absolute atomic E-state index is 0.0861. The van der Waals surface area contributed by atoms with Crippen LogP contribution in [0.15, 0.2) is 0 Å². The van der Waals surface area contributed by atoms with Crippen LogP contribution in [0.4, 0.5) is 0 Å². The average Bonchev–Trinajstić information content (AvgIpc) is 1.85. The van der Waals surface area contributed by atoms with Crippen molar-refractivity contribution in [1.29, 1.82) is 0 Å². The molecule has 12 heavy (non-hydrogen) atoms. The number of nitrogens with one attached hydrogen (secondary N) is 1. The van der Waals surface area contributed by atoms with Crippen molar-refractivity contribution >= 4 is 52.3 Å². The van der Waals surface area contributed by atoms with Crippen LogP contribution in [0.3, 0.4) is 0 Å². The van der Waals surface area contributed by atoms with Crippen molar-refractivity contribution in [2.75, 3.05) is 0 Å². The minimum atomic E-state index is -1.94. The summed E-state index contributed by atoms with van der Waals surface area (Å²) in [5.74, 6) is -0.621. The number of hydrogen-bond donors (Lipinski definition) is 1. The third-order valence-electron chi connectivity index (χ3n) is 1.11. The molecule has 1 unspecified atom stereocenters. The Morgan fingerprint density at radius 3 is 2.00 bits per heavy atom. The smallest absolute Gasteiger partial charge is 0.273 e. The van der Waals surface area contributed by atoms with Crippen LogP contribution < -0.4 is 5.32 Å². The fourth-order valence-electron chi connectivity index (χ4n) is 0.374. The molecular weight excluding hydrogens is 244 g/mol. The van der Waals surface area contributed by atoms with Gasteiger partial charge in [0, 0.05) is 0 Å². The van der Waals surface area contributed by atoms with E-state index in [4.69, 9.17) is 46.4 Å². The second-order valence-corrected chi connectivity index (χ2v) is 5.37. The number of rotatable bonds is 2. The maximum absolute atomic E-state index is 11.0. The summed E-state index contributed by atoms with van der Waals surface area (Å²) in [6, 6.07) is 0. The third kappa shape index (κ3) is 4.61. The molecule has 0 saturated carbocycles. The third-order valence-corrected chi connectivity index (χ3v) is 2.24. The van der Waals surface area contributed by atoms with Gasteiger partial charge in [-0.15, -0.1) is 0 Å². The zero-order valence-electron chi connectivity index (χ0n) is 6.57. The molecule has 0 saturated heterocycles. The van der Waals surface area contributed by atoms with Gasteiger partial charge in [0.15, 0.2) is 0 Å². The maximum atomic E-state index is 11.0. The van der Waals surface area contributed by atoms with E-state index in [1.807, 2.05) is 13.8 Å². The van der Waals surface area contributed by atoms with Crippen molar-refractivity contribution in [2.45, 2.75) is 23.1 Å². The second-order valence-electron chi connectivity index (χ2n) is 2.62. The predicted octanol–water partition coefficient (Wildman–Crippen LogP) is 2.69. The van der Waals surface area contributed by atoms with Gasteiger partial charge in [-0.3, -0.25) is 4.79 Å². The molecule has 1 atom stereocenters. The fourth-order valence-corrected chi connectivity index (χ4v) is 0.636. The first-order chi connectivity index (χ1) is 5.25. The van der Waals surface area contributed by atoms with Crippen LogP contribution in [0.2, 0.25) is 0 Å². The Morgan fingerprint density at radius 1 is 1.33 bits per heavy atom. The lowest BCUT2D eigenvalue weighted by molar-refractivity contribution is -0.120. The van der Waals surface area contributed by atoms with Crippen LogP contribution in [0.5, 0.6) is 0 Å². The molecule has 0 rings (SSSR count). The van der Waals surface area contributed by atoms with Crippen molar-refractivity contribution < 1.29 is 4.79 Å². The first-order valence-corrected chi connectivity index (χ1v) is 4.84. The van der Waals surface area contributed by atoms with Gasteiger partial charge >= 0.3 is 0 Å². The molecule has 72 valence electrons. The van der Waals surface area contributed by atoms with E-state index in [0.29, 0.717) is 0 Å². The standard InChI is InChI=1S/C6H9Cl4NO/c1-3(2)4(7)11-5(12)6(8,9)10/h3-4H,1-2H3,(H,11,12). The van der Waals surface area contributed by atoms with Gasteiger partial charge in [-0.05, 0) is 5.92 Å². The molecule has 6 heteroatoms. The van der Waals surface area contributed by atoms with E-state index < -0.39 is 15.2 Å². The van der Waals surface area contributed by atoms with Gasteiger partial charge in [-0.2, -0.15) is 0 Å². The molecular formula is C6H9Cl4NO. The molecule has 0 aliphatic rings. The number of amides is 1. The van der Waals surface area contributed by atoms with Gasteiger partial charge in [0.1, 0.15) is 5.50 Å². The van der Waals surface area contributed by atoms with Gasteiger partial charge in [0.2, 0.25) is 0 Å². The van der Waals surface area contributed by atoms with Crippen LogP contribution >= 0.6 is 46.4 Å². The molecule has 0 aromatic carbocycles. The van der Waals surface area contributed by atoms with Crippen LogP contribution in [0.1, 0.15) is 13.8 Å². The number of carbonyl (C=O) groups excluding carboxylic acids is 1. The van der Waals surface area contributed by atoms with E-state index in [1.165, 1.54) is 0 Å². The molecule has 1 N–H and O–H groups in total. The molecule has 0 radical (unpaired) electrons. The van der Waals surface area contributed by atoms with Crippen LogP contribution in [-0.2, 0) is 4.79 Å².